The molecule has 83 heavy (non-hydrogen) atoms. The third-order valence-electron chi connectivity index (χ3n) is 14.3. The van der Waals surface area contributed by atoms with E-state index in [9.17, 15) is 14.4 Å². The summed E-state index contributed by atoms with van der Waals surface area (Å²) < 4.78 is 16.9. The first-order chi connectivity index (χ1) is 41.0. The van der Waals surface area contributed by atoms with Crippen LogP contribution in [0.2, 0.25) is 0 Å². The van der Waals surface area contributed by atoms with E-state index in [-0.39, 0.29) is 37.5 Å². The van der Waals surface area contributed by atoms with Gasteiger partial charge in [0.1, 0.15) is 13.2 Å². The number of unbranched alkanes of at least 4 members (excludes halogenated alkanes) is 26. The number of hydrogen-bond acceptors (Lipinski definition) is 6. The Hall–Kier alpha value is -4.71. The van der Waals surface area contributed by atoms with Gasteiger partial charge in [0.05, 0.1) is 0 Å². The van der Waals surface area contributed by atoms with Crippen LogP contribution in [0.15, 0.2) is 146 Å². The van der Waals surface area contributed by atoms with Gasteiger partial charge >= 0.3 is 17.9 Å². The van der Waals surface area contributed by atoms with Crippen molar-refractivity contribution < 1.29 is 28.6 Å². The highest BCUT2D eigenvalue weighted by Gasteiger charge is 2.19. The van der Waals surface area contributed by atoms with Crippen molar-refractivity contribution in [3.8, 4) is 0 Å². The highest BCUT2D eigenvalue weighted by atomic mass is 16.6. The minimum Gasteiger partial charge on any atom is -0.462 e. The Balaban J connectivity index is 4.34. The van der Waals surface area contributed by atoms with Crippen molar-refractivity contribution in [1.29, 1.82) is 0 Å². The molecule has 0 aromatic heterocycles. The summed E-state index contributed by atoms with van der Waals surface area (Å²) in [5.41, 5.74) is 0. The summed E-state index contributed by atoms with van der Waals surface area (Å²) in [4.78, 5) is 38.4. The monoisotopic (exact) mass is 1150 g/mol. The molecule has 0 saturated heterocycles. The van der Waals surface area contributed by atoms with Crippen LogP contribution in [-0.2, 0) is 28.6 Å². The normalized spacial score (nSPS) is 13.0. The molecule has 0 fully saturated rings. The van der Waals surface area contributed by atoms with E-state index in [1.54, 1.807) is 0 Å². The van der Waals surface area contributed by atoms with Crippen LogP contribution >= 0.6 is 0 Å². The smallest absolute Gasteiger partial charge is 0.306 e. The first-order valence-corrected chi connectivity index (χ1v) is 34.3. The lowest BCUT2D eigenvalue weighted by molar-refractivity contribution is -0.167. The highest BCUT2D eigenvalue weighted by Crippen LogP contribution is 2.16. The molecule has 0 N–H and O–H groups in total. The number of carbonyl (C=O) groups is 3. The number of carbonyl (C=O) groups excluding carboxylic acids is 3. The Morgan fingerprint density at radius 2 is 0.470 bits per heavy atom. The molecule has 0 amide bonds. The summed E-state index contributed by atoms with van der Waals surface area (Å²) in [6, 6.07) is 0. The maximum Gasteiger partial charge on any atom is 0.306 e. The zero-order chi connectivity index (χ0) is 59.9. The molecule has 0 spiro atoms. The SMILES string of the molecule is CC/C=C\C/C=C\C/C=C\C/C=C\C/C=C\CCCCCC(=O)OC(COC(=O)CCCC/C=C\C/C=C\C/C=C\C/C=C\CC)COC(=O)CCCCCCCCCCCCCCCCCC/C=C\C/C=C\C/C=C\CCCCCCC. The zero-order valence-corrected chi connectivity index (χ0v) is 53.9. The summed E-state index contributed by atoms with van der Waals surface area (Å²) in [6.07, 6.45) is 100. The summed E-state index contributed by atoms with van der Waals surface area (Å²) in [5, 5.41) is 0. The molecule has 0 heterocycles. The molecule has 1 unspecified atom stereocenters. The number of allylic oxidation sites excluding steroid dienone is 24. The largest absolute Gasteiger partial charge is 0.462 e. The molecule has 0 rings (SSSR count). The molecule has 0 aliphatic carbocycles. The maximum atomic E-state index is 12.9. The van der Waals surface area contributed by atoms with E-state index in [2.05, 4.69) is 167 Å². The van der Waals surface area contributed by atoms with Gasteiger partial charge in [-0.05, 0) is 141 Å². The van der Waals surface area contributed by atoms with Crippen molar-refractivity contribution in [1.82, 2.24) is 0 Å². The van der Waals surface area contributed by atoms with Crippen molar-refractivity contribution in [3.63, 3.8) is 0 Å². The van der Waals surface area contributed by atoms with Crippen molar-refractivity contribution in [2.75, 3.05) is 13.2 Å². The fourth-order valence-corrected chi connectivity index (χ4v) is 9.23. The Labute approximate surface area is 512 Å². The first-order valence-electron chi connectivity index (χ1n) is 34.3. The Bertz CT molecular complexity index is 1800. The fraction of sp³-hybridized carbons (Fsp3) is 0.649. The molecule has 0 aromatic carbocycles. The highest BCUT2D eigenvalue weighted by molar-refractivity contribution is 5.71. The first kappa shape index (κ1) is 78.3. The average Bonchev–Trinajstić information content (AvgIpc) is 3.49. The van der Waals surface area contributed by atoms with Crippen LogP contribution in [0, 0.1) is 0 Å². The number of hydrogen-bond donors (Lipinski definition) is 0. The van der Waals surface area contributed by atoms with Crippen LogP contribution in [-0.4, -0.2) is 37.2 Å². The molecule has 470 valence electrons. The molecule has 0 aromatic rings. The molecule has 0 radical (unpaired) electrons. The quantitative estimate of drug-likeness (QED) is 0.0261. The van der Waals surface area contributed by atoms with Gasteiger partial charge in [0.2, 0.25) is 0 Å². The van der Waals surface area contributed by atoms with E-state index in [0.29, 0.717) is 25.7 Å². The van der Waals surface area contributed by atoms with Gasteiger partial charge in [-0.3, -0.25) is 14.4 Å². The van der Waals surface area contributed by atoms with Gasteiger partial charge < -0.3 is 14.2 Å². The maximum absolute atomic E-state index is 12.9. The topological polar surface area (TPSA) is 78.9 Å². The van der Waals surface area contributed by atoms with Gasteiger partial charge in [0.15, 0.2) is 6.10 Å². The fourth-order valence-electron chi connectivity index (χ4n) is 9.23. The van der Waals surface area contributed by atoms with Crippen LogP contribution < -0.4 is 0 Å². The molecular weight excluding hydrogens is 1020 g/mol. The molecule has 0 bridgehead atoms. The lowest BCUT2D eigenvalue weighted by Gasteiger charge is -2.18. The van der Waals surface area contributed by atoms with E-state index in [4.69, 9.17) is 14.2 Å². The average molecular weight is 1150 g/mol. The molecule has 6 nitrogen and oxygen atoms in total. The Morgan fingerprint density at radius 3 is 0.771 bits per heavy atom. The molecule has 1 atom stereocenters. The van der Waals surface area contributed by atoms with Gasteiger partial charge in [0, 0.05) is 19.3 Å². The summed E-state index contributed by atoms with van der Waals surface area (Å²) >= 11 is 0. The number of rotatable bonds is 61. The van der Waals surface area contributed by atoms with Crippen molar-refractivity contribution in [2.24, 2.45) is 0 Å². The second-order valence-electron chi connectivity index (χ2n) is 22.3. The lowest BCUT2D eigenvalue weighted by Crippen LogP contribution is -2.30. The number of ether oxygens (including phenoxy) is 3. The standard InChI is InChI=1S/C77H126O6/c1-4-7-10-13-16-19-22-25-28-30-32-33-34-35-36-37-38-39-40-41-42-43-45-46-49-52-55-58-61-64-67-70-76(79)82-73-74(72-81-75(78)69-66-63-60-57-54-51-48-27-24-21-18-15-12-9-6-3)83-77(80)71-68-65-62-59-56-53-50-47-44-31-29-26-23-20-17-14-11-8-5-2/h8-9,11-12,17-18,20-22,25-27,29-30,32,34-35,44,47-48,53-54,56-57,74H,4-7,10,13-16,19,23-24,28,31,33,36-43,45-46,49-52,55,58-73H2,1-3H3/b11-8-,12-9-,20-17-,21-18-,25-22-,29-26-,32-30-,35-34-,47-44-,48-27-,56-53-,57-54-. The minimum atomic E-state index is -0.820. The van der Waals surface area contributed by atoms with E-state index in [1.165, 1.54) is 128 Å². The van der Waals surface area contributed by atoms with E-state index >= 15 is 0 Å². The predicted octanol–water partition coefficient (Wildman–Crippen LogP) is 23.9. The Kier molecular flexibility index (Phi) is 65.8. The van der Waals surface area contributed by atoms with Gasteiger partial charge in [0.25, 0.3) is 0 Å². The van der Waals surface area contributed by atoms with Crippen LogP contribution in [0.4, 0.5) is 0 Å². The molecular formula is C77H126O6. The van der Waals surface area contributed by atoms with Gasteiger partial charge in [-0.1, -0.05) is 289 Å². The van der Waals surface area contributed by atoms with Crippen molar-refractivity contribution in [3.05, 3.63) is 146 Å². The van der Waals surface area contributed by atoms with E-state index in [1.807, 2.05) is 0 Å². The second-order valence-corrected chi connectivity index (χ2v) is 22.3. The third-order valence-corrected chi connectivity index (χ3v) is 14.3. The number of esters is 3. The van der Waals surface area contributed by atoms with Crippen LogP contribution in [0.1, 0.15) is 303 Å². The van der Waals surface area contributed by atoms with Crippen molar-refractivity contribution in [2.45, 2.75) is 309 Å². The van der Waals surface area contributed by atoms with Gasteiger partial charge in [-0.25, -0.2) is 0 Å². The molecule has 0 aliphatic heterocycles. The second kappa shape index (κ2) is 69.8. The Morgan fingerprint density at radius 1 is 0.253 bits per heavy atom. The zero-order valence-electron chi connectivity index (χ0n) is 53.9. The minimum absolute atomic E-state index is 0.109. The lowest BCUT2D eigenvalue weighted by atomic mass is 10.0. The summed E-state index contributed by atoms with van der Waals surface area (Å²) in [7, 11) is 0. The van der Waals surface area contributed by atoms with Crippen LogP contribution in [0.3, 0.4) is 0 Å². The molecule has 0 aliphatic rings. The van der Waals surface area contributed by atoms with E-state index in [0.717, 1.165) is 122 Å². The predicted molar refractivity (Wildman–Crippen MR) is 362 cm³/mol. The van der Waals surface area contributed by atoms with Gasteiger partial charge in [-0.15, -0.1) is 0 Å². The van der Waals surface area contributed by atoms with E-state index < -0.39 is 6.10 Å². The van der Waals surface area contributed by atoms with Crippen LogP contribution in [0.25, 0.3) is 0 Å². The molecule has 0 saturated carbocycles. The molecule has 6 heteroatoms. The van der Waals surface area contributed by atoms with Gasteiger partial charge in [-0.2, -0.15) is 0 Å². The summed E-state index contributed by atoms with van der Waals surface area (Å²) in [5.74, 6) is -0.982. The van der Waals surface area contributed by atoms with Crippen LogP contribution in [0.5, 0.6) is 0 Å². The third kappa shape index (κ3) is 68.0. The van der Waals surface area contributed by atoms with Crippen molar-refractivity contribution >= 4 is 17.9 Å². The summed E-state index contributed by atoms with van der Waals surface area (Å²) in [6.45, 7) is 6.35.